The first-order chi connectivity index (χ1) is 13.6. The van der Waals surface area contributed by atoms with E-state index in [1.165, 1.54) is 25.7 Å². The molecule has 0 aromatic heterocycles. The van der Waals surface area contributed by atoms with Crippen molar-refractivity contribution in [3.63, 3.8) is 0 Å². The van der Waals surface area contributed by atoms with Gasteiger partial charge >= 0.3 is 0 Å². The maximum Gasteiger partial charge on any atom is 0.255 e. The summed E-state index contributed by atoms with van der Waals surface area (Å²) in [6, 6.07) is 14.4. The first kappa shape index (κ1) is 19.0. The number of likely N-dealkylation sites (tertiary alicyclic amines) is 1. The Morgan fingerprint density at radius 2 is 1.68 bits per heavy atom. The van der Waals surface area contributed by atoms with Gasteiger partial charge in [-0.25, -0.2) is 0 Å². The number of benzene rings is 2. The van der Waals surface area contributed by atoms with Crippen LogP contribution in [0.15, 0.2) is 48.5 Å². The predicted molar refractivity (Wildman–Crippen MR) is 112 cm³/mol. The molecule has 1 saturated carbocycles. The van der Waals surface area contributed by atoms with Gasteiger partial charge < -0.3 is 10.2 Å². The normalized spacial score (nSPS) is 21.7. The number of hydrogen-bond donors (Lipinski definition) is 1. The minimum Gasteiger partial charge on any atom is -0.335 e. The van der Waals surface area contributed by atoms with Crippen LogP contribution in [0.2, 0.25) is 5.02 Å². The standard InChI is InChI=1S/C23H25ClN2O2/c24-19-8-3-6-18(15-19)22(27)25-20-12-10-17(11-13-20)23(28)26-14-4-7-16-5-1-2-9-21(16)26/h3,6,8,10-13,15-16,21H,1-2,4-5,7,9,14H2,(H,25,27)/t16-,21-/m0/s1. The highest BCUT2D eigenvalue weighted by Crippen LogP contribution is 2.36. The maximum atomic E-state index is 13.1. The van der Waals surface area contributed by atoms with E-state index in [1.807, 2.05) is 12.1 Å². The molecule has 2 aliphatic rings. The second-order valence-corrected chi connectivity index (χ2v) is 8.23. The highest BCUT2D eigenvalue weighted by molar-refractivity contribution is 6.31. The summed E-state index contributed by atoms with van der Waals surface area (Å²) in [6.45, 7) is 0.854. The van der Waals surface area contributed by atoms with Crippen molar-refractivity contribution in [2.75, 3.05) is 11.9 Å². The predicted octanol–water partition coefficient (Wildman–Crippen LogP) is 5.39. The van der Waals surface area contributed by atoms with E-state index in [0.29, 0.717) is 33.8 Å². The fourth-order valence-electron chi connectivity index (χ4n) is 4.57. The van der Waals surface area contributed by atoms with Gasteiger partial charge in [0.05, 0.1) is 0 Å². The topological polar surface area (TPSA) is 49.4 Å². The molecule has 2 amide bonds. The Labute approximate surface area is 170 Å². The Morgan fingerprint density at radius 1 is 0.929 bits per heavy atom. The van der Waals surface area contributed by atoms with Crippen LogP contribution in [0.25, 0.3) is 0 Å². The highest BCUT2D eigenvalue weighted by atomic mass is 35.5. The van der Waals surface area contributed by atoms with Gasteiger partial charge in [-0.05, 0) is 74.1 Å². The van der Waals surface area contributed by atoms with Crippen molar-refractivity contribution in [2.24, 2.45) is 5.92 Å². The molecule has 146 valence electrons. The van der Waals surface area contributed by atoms with E-state index in [4.69, 9.17) is 11.6 Å². The second kappa shape index (κ2) is 8.36. The van der Waals surface area contributed by atoms with E-state index in [1.54, 1.807) is 36.4 Å². The molecule has 1 aliphatic heterocycles. The minimum atomic E-state index is -0.220. The molecule has 0 unspecified atom stereocenters. The van der Waals surface area contributed by atoms with Crippen LogP contribution in [-0.2, 0) is 0 Å². The van der Waals surface area contributed by atoms with Gasteiger partial charge in [0.15, 0.2) is 0 Å². The third-order valence-electron chi connectivity index (χ3n) is 5.98. The molecule has 1 heterocycles. The van der Waals surface area contributed by atoms with Crippen LogP contribution < -0.4 is 5.32 Å². The molecule has 1 saturated heterocycles. The Kier molecular flexibility index (Phi) is 5.67. The quantitative estimate of drug-likeness (QED) is 0.756. The van der Waals surface area contributed by atoms with Gasteiger partial charge in [-0.3, -0.25) is 9.59 Å². The number of halogens is 1. The number of fused-ring (bicyclic) bond motifs is 1. The Balaban J connectivity index is 1.44. The summed E-state index contributed by atoms with van der Waals surface area (Å²) in [5, 5.41) is 3.38. The molecular formula is C23H25ClN2O2. The summed E-state index contributed by atoms with van der Waals surface area (Å²) in [5.74, 6) is 0.565. The average Bonchev–Trinajstić information content (AvgIpc) is 2.73. The summed E-state index contributed by atoms with van der Waals surface area (Å²) >= 11 is 5.95. The van der Waals surface area contributed by atoms with Crippen molar-refractivity contribution >= 4 is 29.1 Å². The largest absolute Gasteiger partial charge is 0.335 e. The summed E-state index contributed by atoms with van der Waals surface area (Å²) in [6.07, 6.45) is 7.25. The van der Waals surface area contributed by atoms with Gasteiger partial charge in [-0.2, -0.15) is 0 Å². The van der Waals surface area contributed by atoms with E-state index < -0.39 is 0 Å². The number of anilines is 1. The molecule has 0 spiro atoms. The van der Waals surface area contributed by atoms with E-state index in [2.05, 4.69) is 10.2 Å². The summed E-state index contributed by atoms with van der Waals surface area (Å²) in [7, 11) is 0. The number of carbonyl (C=O) groups excluding carboxylic acids is 2. The van der Waals surface area contributed by atoms with Crippen LogP contribution in [0.5, 0.6) is 0 Å². The summed E-state index contributed by atoms with van der Waals surface area (Å²) in [5.41, 5.74) is 1.85. The zero-order valence-electron chi connectivity index (χ0n) is 15.9. The molecule has 28 heavy (non-hydrogen) atoms. The fourth-order valence-corrected chi connectivity index (χ4v) is 4.76. The van der Waals surface area contributed by atoms with Gasteiger partial charge in [0.1, 0.15) is 0 Å². The molecule has 4 rings (SSSR count). The Hall–Kier alpha value is -2.33. The minimum absolute atomic E-state index is 0.115. The van der Waals surface area contributed by atoms with Gasteiger partial charge in [0, 0.05) is 34.4 Å². The summed E-state index contributed by atoms with van der Waals surface area (Å²) < 4.78 is 0. The lowest BCUT2D eigenvalue weighted by Crippen LogP contribution is -2.49. The van der Waals surface area contributed by atoms with Crippen LogP contribution in [0.1, 0.15) is 59.2 Å². The van der Waals surface area contributed by atoms with Gasteiger partial charge in [-0.15, -0.1) is 0 Å². The lowest BCUT2D eigenvalue weighted by Gasteiger charge is -2.44. The van der Waals surface area contributed by atoms with Crippen molar-refractivity contribution in [1.29, 1.82) is 0 Å². The van der Waals surface area contributed by atoms with Crippen molar-refractivity contribution in [2.45, 2.75) is 44.6 Å². The molecule has 1 aliphatic carbocycles. The number of rotatable bonds is 3. The van der Waals surface area contributed by atoms with E-state index >= 15 is 0 Å². The molecule has 2 atom stereocenters. The van der Waals surface area contributed by atoms with Crippen LogP contribution in [0.4, 0.5) is 5.69 Å². The van der Waals surface area contributed by atoms with Gasteiger partial charge in [0.2, 0.25) is 0 Å². The second-order valence-electron chi connectivity index (χ2n) is 7.79. The zero-order valence-corrected chi connectivity index (χ0v) is 16.6. The molecule has 2 fully saturated rings. The molecule has 0 bridgehead atoms. The smallest absolute Gasteiger partial charge is 0.255 e. The van der Waals surface area contributed by atoms with Crippen LogP contribution in [0.3, 0.4) is 0 Å². The van der Waals surface area contributed by atoms with Gasteiger partial charge in [0.25, 0.3) is 11.8 Å². The van der Waals surface area contributed by atoms with Crippen LogP contribution in [-0.4, -0.2) is 29.3 Å². The van der Waals surface area contributed by atoms with Gasteiger partial charge in [-0.1, -0.05) is 30.5 Å². The number of hydrogen-bond acceptors (Lipinski definition) is 2. The molecular weight excluding hydrogens is 372 g/mol. The van der Waals surface area contributed by atoms with E-state index in [-0.39, 0.29) is 11.8 Å². The maximum absolute atomic E-state index is 13.1. The summed E-state index contributed by atoms with van der Waals surface area (Å²) in [4.78, 5) is 27.5. The molecule has 2 aromatic carbocycles. The Bertz CT molecular complexity index is 863. The monoisotopic (exact) mass is 396 g/mol. The SMILES string of the molecule is O=C(Nc1ccc(C(=O)N2CCC[C@@H]3CCCC[C@@H]32)cc1)c1cccc(Cl)c1. The molecule has 5 heteroatoms. The number of piperidine rings is 1. The highest BCUT2D eigenvalue weighted by Gasteiger charge is 2.35. The lowest BCUT2D eigenvalue weighted by molar-refractivity contribution is 0.0390. The molecule has 0 radical (unpaired) electrons. The molecule has 4 nitrogen and oxygen atoms in total. The average molecular weight is 397 g/mol. The first-order valence-corrected chi connectivity index (χ1v) is 10.5. The number of nitrogens with zero attached hydrogens (tertiary/aromatic N) is 1. The van der Waals surface area contributed by atoms with Crippen molar-refractivity contribution in [3.05, 3.63) is 64.7 Å². The van der Waals surface area contributed by atoms with Crippen LogP contribution >= 0.6 is 11.6 Å². The lowest BCUT2D eigenvalue weighted by atomic mass is 9.78. The third kappa shape index (κ3) is 4.07. The number of carbonyl (C=O) groups is 2. The first-order valence-electron chi connectivity index (χ1n) is 10.1. The van der Waals surface area contributed by atoms with Crippen molar-refractivity contribution < 1.29 is 9.59 Å². The van der Waals surface area contributed by atoms with E-state index in [9.17, 15) is 9.59 Å². The third-order valence-corrected chi connectivity index (χ3v) is 6.22. The Morgan fingerprint density at radius 3 is 2.46 bits per heavy atom. The number of amides is 2. The molecule has 2 aromatic rings. The van der Waals surface area contributed by atoms with Crippen molar-refractivity contribution in [3.8, 4) is 0 Å². The van der Waals surface area contributed by atoms with Crippen LogP contribution in [0, 0.1) is 5.92 Å². The van der Waals surface area contributed by atoms with E-state index in [0.717, 1.165) is 19.4 Å². The number of nitrogens with one attached hydrogen (secondary N) is 1. The molecule has 1 N–H and O–H groups in total. The zero-order chi connectivity index (χ0) is 19.5. The fraction of sp³-hybridized carbons (Fsp3) is 0.391. The van der Waals surface area contributed by atoms with Crippen molar-refractivity contribution in [1.82, 2.24) is 4.90 Å².